The summed E-state index contributed by atoms with van der Waals surface area (Å²) in [5.74, 6) is 0. The van der Waals surface area contributed by atoms with E-state index in [9.17, 15) is 0 Å². The normalized spacial score (nSPS) is 20.1. The van der Waals surface area contributed by atoms with Crippen LogP contribution in [0.1, 0.15) is 31.7 Å². The molecule has 0 bridgehead atoms. The van der Waals surface area contributed by atoms with Crippen LogP contribution in [-0.4, -0.2) is 17.6 Å². The maximum atomic E-state index is 3.65. The first-order valence-corrected chi connectivity index (χ1v) is 6.90. The van der Waals surface area contributed by atoms with E-state index in [-0.39, 0.29) is 0 Å². The molecule has 1 aliphatic heterocycles. The van der Waals surface area contributed by atoms with Gasteiger partial charge in [0, 0.05) is 23.1 Å². The standard InChI is InChI=1S/C16H20N2/c1-2-5-15-13(7-4-10-17-15)12-6-3-8-16-14(12)9-11-18-16/h3,6-9,11,15,17-18H,2,4-5,10H2,1H3. The number of H-pyrrole nitrogens is 1. The summed E-state index contributed by atoms with van der Waals surface area (Å²) < 4.78 is 0. The maximum Gasteiger partial charge on any atom is 0.0460 e. The molecule has 1 atom stereocenters. The molecule has 0 amide bonds. The Morgan fingerprint density at radius 1 is 1.28 bits per heavy atom. The van der Waals surface area contributed by atoms with Crippen molar-refractivity contribution in [1.29, 1.82) is 0 Å². The second-order valence-corrected chi connectivity index (χ2v) is 4.99. The molecule has 3 rings (SSSR count). The summed E-state index contributed by atoms with van der Waals surface area (Å²) >= 11 is 0. The van der Waals surface area contributed by atoms with Gasteiger partial charge in [-0.3, -0.25) is 0 Å². The minimum atomic E-state index is 0.518. The van der Waals surface area contributed by atoms with Gasteiger partial charge in [-0.1, -0.05) is 31.6 Å². The molecule has 2 heterocycles. The Hall–Kier alpha value is -1.54. The number of aromatic amines is 1. The molecule has 2 heteroatoms. The van der Waals surface area contributed by atoms with Crippen molar-refractivity contribution in [2.24, 2.45) is 0 Å². The smallest absolute Gasteiger partial charge is 0.0460 e. The van der Waals surface area contributed by atoms with E-state index in [1.54, 1.807) is 0 Å². The molecular weight excluding hydrogens is 220 g/mol. The highest BCUT2D eigenvalue weighted by Gasteiger charge is 2.19. The molecule has 94 valence electrons. The Bertz CT molecular complexity index is 565. The van der Waals surface area contributed by atoms with Gasteiger partial charge < -0.3 is 10.3 Å². The topological polar surface area (TPSA) is 27.8 Å². The Kier molecular flexibility index (Phi) is 3.20. The van der Waals surface area contributed by atoms with Crippen LogP contribution in [0.3, 0.4) is 0 Å². The molecular formula is C16H20N2. The lowest BCUT2D eigenvalue weighted by molar-refractivity contribution is 0.550. The van der Waals surface area contributed by atoms with Crippen LogP contribution < -0.4 is 5.32 Å². The minimum Gasteiger partial charge on any atom is -0.361 e. The van der Waals surface area contributed by atoms with Crippen molar-refractivity contribution in [2.75, 3.05) is 6.54 Å². The fraction of sp³-hybridized carbons (Fsp3) is 0.375. The third-order valence-corrected chi connectivity index (χ3v) is 3.76. The van der Waals surface area contributed by atoms with Crippen molar-refractivity contribution < 1.29 is 0 Å². The van der Waals surface area contributed by atoms with Crippen LogP contribution in [0, 0.1) is 0 Å². The maximum absolute atomic E-state index is 3.65. The van der Waals surface area contributed by atoms with Crippen LogP contribution in [0.5, 0.6) is 0 Å². The molecule has 1 aromatic heterocycles. The second kappa shape index (κ2) is 4.99. The largest absolute Gasteiger partial charge is 0.361 e. The molecule has 18 heavy (non-hydrogen) atoms. The lowest BCUT2D eigenvalue weighted by atomic mass is 9.90. The highest BCUT2D eigenvalue weighted by molar-refractivity contribution is 5.93. The summed E-state index contributed by atoms with van der Waals surface area (Å²) in [6, 6.07) is 9.24. The number of aromatic nitrogens is 1. The van der Waals surface area contributed by atoms with E-state index < -0.39 is 0 Å². The van der Waals surface area contributed by atoms with Crippen molar-refractivity contribution in [2.45, 2.75) is 32.2 Å². The van der Waals surface area contributed by atoms with Gasteiger partial charge in [0.2, 0.25) is 0 Å². The van der Waals surface area contributed by atoms with Gasteiger partial charge in [-0.05, 0) is 42.7 Å². The van der Waals surface area contributed by atoms with Gasteiger partial charge in [-0.2, -0.15) is 0 Å². The highest BCUT2D eigenvalue weighted by Crippen LogP contribution is 2.30. The van der Waals surface area contributed by atoms with Gasteiger partial charge in [0.1, 0.15) is 0 Å². The zero-order chi connectivity index (χ0) is 12.4. The summed E-state index contributed by atoms with van der Waals surface area (Å²) in [4.78, 5) is 3.30. The number of benzene rings is 1. The predicted octanol–water partition coefficient (Wildman–Crippen LogP) is 3.71. The lowest BCUT2D eigenvalue weighted by Gasteiger charge is -2.26. The molecule has 1 unspecified atom stereocenters. The number of hydrogen-bond acceptors (Lipinski definition) is 1. The van der Waals surface area contributed by atoms with E-state index in [4.69, 9.17) is 0 Å². The molecule has 2 aromatic rings. The zero-order valence-electron chi connectivity index (χ0n) is 10.9. The molecule has 0 radical (unpaired) electrons. The summed E-state index contributed by atoms with van der Waals surface area (Å²) in [5, 5.41) is 4.99. The number of nitrogens with one attached hydrogen (secondary N) is 2. The Balaban J connectivity index is 2.06. The van der Waals surface area contributed by atoms with Gasteiger partial charge >= 0.3 is 0 Å². The molecule has 0 fully saturated rings. The molecule has 1 aliphatic rings. The Morgan fingerprint density at radius 2 is 2.22 bits per heavy atom. The molecule has 2 nitrogen and oxygen atoms in total. The third kappa shape index (κ3) is 1.97. The molecule has 0 spiro atoms. The van der Waals surface area contributed by atoms with Crippen molar-refractivity contribution in [1.82, 2.24) is 10.3 Å². The molecule has 0 saturated heterocycles. The Labute approximate surface area is 108 Å². The molecule has 0 aliphatic carbocycles. The zero-order valence-corrected chi connectivity index (χ0v) is 10.9. The van der Waals surface area contributed by atoms with E-state index in [2.05, 4.69) is 47.6 Å². The average molecular weight is 240 g/mol. The van der Waals surface area contributed by atoms with E-state index in [0.717, 1.165) is 13.0 Å². The monoisotopic (exact) mass is 240 g/mol. The van der Waals surface area contributed by atoms with Crippen LogP contribution in [0.25, 0.3) is 16.5 Å². The first-order valence-electron chi connectivity index (χ1n) is 6.90. The van der Waals surface area contributed by atoms with Gasteiger partial charge in [-0.15, -0.1) is 0 Å². The number of rotatable bonds is 3. The van der Waals surface area contributed by atoms with Crippen LogP contribution in [-0.2, 0) is 0 Å². The first-order chi connectivity index (χ1) is 8.90. The second-order valence-electron chi connectivity index (χ2n) is 4.99. The summed E-state index contributed by atoms with van der Waals surface area (Å²) in [5.41, 5.74) is 4.10. The van der Waals surface area contributed by atoms with Crippen LogP contribution in [0.2, 0.25) is 0 Å². The third-order valence-electron chi connectivity index (χ3n) is 3.76. The molecule has 1 aromatic carbocycles. The van der Waals surface area contributed by atoms with Crippen LogP contribution >= 0.6 is 0 Å². The fourth-order valence-electron chi connectivity index (χ4n) is 2.92. The van der Waals surface area contributed by atoms with Gasteiger partial charge in [0.05, 0.1) is 0 Å². The fourth-order valence-corrected chi connectivity index (χ4v) is 2.92. The molecule has 0 saturated carbocycles. The van der Waals surface area contributed by atoms with E-state index in [1.165, 1.54) is 34.9 Å². The van der Waals surface area contributed by atoms with Crippen LogP contribution in [0.15, 0.2) is 36.5 Å². The average Bonchev–Trinajstić information content (AvgIpc) is 2.88. The SMILES string of the molecule is CCCC1NCCC=C1c1cccc2[nH]ccc12. The van der Waals surface area contributed by atoms with E-state index in [0.29, 0.717) is 6.04 Å². The van der Waals surface area contributed by atoms with Gasteiger partial charge in [0.25, 0.3) is 0 Å². The van der Waals surface area contributed by atoms with E-state index in [1.807, 2.05) is 6.20 Å². The van der Waals surface area contributed by atoms with Crippen molar-refractivity contribution in [3.05, 3.63) is 42.1 Å². The number of hydrogen-bond donors (Lipinski definition) is 2. The minimum absolute atomic E-state index is 0.518. The van der Waals surface area contributed by atoms with Gasteiger partial charge in [0.15, 0.2) is 0 Å². The van der Waals surface area contributed by atoms with Crippen LogP contribution in [0.4, 0.5) is 0 Å². The van der Waals surface area contributed by atoms with Crippen molar-refractivity contribution in [3.63, 3.8) is 0 Å². The highest BCUT2D eigenvalue weighted by atomic mass is 14.9. The van der Waals surface area contributed by atoms with E-state index >= 15 is 0 Å². The molecule has 2 N–H and O–H groups in total. The quantitative estimate of drug-likeness (QED) is 0.841. The van der Waals surface area contributed by atoms with Crippen molar-refractivity contribution >= 4 is 16.5 Å². The Morgan fingerprint density at radius 3 is 3.11 bits per heavy atom. The first kappa shape index (κ1) is 11.5. The van der Waals surface area contributed by atoms with Crippen molar-refractivity contribution in [3.8, 4) is 0 Å². The van der Waals surface area contributed by atoms with Gasteiger partial charge in [-0.25, -0.2) is 0 Å². The summed E-state index contributed by atoms with van der Waals surface area (Å²) in [6.45, 7) is 3.36. The summed E-state index contributed by atoms with van der Waals surface area (Å²) in [6.07, 6.45) is 8.01. The lowest BCUT2D eigenvalue weighted by Crippen LogP contribution is -2.33. The predicted molar refractivity (Wildman–Crippen MR) is 77.6 cm³/mol. The number of fused-ring (bicyclic) bond motifs is 1. The summed E-state index contributed by atoms with van der Waals surface area (Å²) in [7, 11) is 0.